The van der Waals surface area contributed by atoms with E-state index in [1.165, 1.54) is 0 Å². The zero-order valence-corrected chi connectivity index (χ0v) is 17.9. The standard InChI is InChI=1S/C24H25N5O2/c1-3-23(30)19-4-5-22(21(13-25)27-19)29-8-6-28(7-9-29)15-17-11-18-12-24(31)16(2)10-20(18)26-14-17/h4-5,10-11,14H,3,6-9,12,15H2,1-2H3. The van der Waals surface area contributed by atoms with Gasteiger partial charge in [-0.1, -0.05) is 13.0 Å². The number of ketones is 2. The van der Waals surface area contributed by atoms with Crippen molar-refractivity contribution in [1.29, 1.82) is 5.26 Å². The molecule has 0 saturated carbocycles. The molecule has 0 bridgehead atoms. The van der Waals surface area contributed by atoms with E-state index in [0.717, 1.165) is 60.8 Å². The van der Waals surface area contributed by atoms with Gasteiger partial charge in [0.05, 0.1) is 11.4 Å². The molecule has 4 rings (SSSR count). The fraction of sp³-hybridized carbons (Fsp3) is 0.375. The lowest BCUT2D eigenvalue weighted by atomic mass is 9.94. The van der Waals surface area contributed by atoms with E-state index in [4.69, 9.17) is 0 Å². The molecular weight excluding hydrogens is 390 g/mol. The summed E-state index contributed by atoms with van der Waals surface area (Å²) in [6.07, 6.45) is 4.56. The molecule has 2 aromatic heterocycles. The van der Waals surface area contributed by atoms with Gasteiger partial charge in [-0.05, 0) is 41.8 Å². The number of hydrogen-bond donors (Lipinski definition) is 0. The lowest BCUT2D eigenvalue weighted by Crippen LogP contribution is -2.46. The second-order valence-corrected chi connectivity index (χ2v) is 8.03. The number of hydrogen-bond acceptors (Lipinski definition) is 7. The largest absolute Gasteiger partial charge is 0.367 e. The van der Waals surface area contributed by atoms with E-state index in [2.05, 4.69) is 31.9 Å². The molecule has 0 unspecified atom stereocenters. The molecule has 2 aliphatic rings. The molecule has 0 aromatic carbocycles. The van der Waals surface area contributed by atoms with Crippen LogP contribution >= 0.6 is 0 Å². The number of allylic oxidation sites excluding steroid dienone is 1. The number of carbonyl (C=O) groups excluding carboxylic acids is 2. The first kappa shape index (κ1) is 20.9. The van der Waals surface area contributed by atoms with E-state index in [-0.39, 0.29) is 11.6 Å². The number of nitrogens with zero attached hydrogens (tertiary/aromatic N) is 5. The molecule has 0 amide bonds. The molecule has 0 radical (unpaired) electrons. The van der Waals surface area contributed by atoms with E-state index in [0.29, 0.717) is 24.2 Å². The number of rotatable bonds is 5. The van der Waals surface area contributed by atoms with Crippen LogP contribution in [-0.2, 0) is 17.8 Å². The van der Waals surface area contributed by atoms with Crippen molar-refractivity contribution in [2.24, 2.45) is 0 Å². The normalized spacial score (nSPS) is 16.5. The van der Waals surface area contributed by atoms with Crippen molar-refractivity contribution in [3.63, 3.8) is 0 Å². The van der Waals surface area contributed by atoms with Crippen LogP contribution in [0, 0.1) is 11.3 Å². The molecule has 31 heavy (non-hydrogen) atoms. The average Bonchev–Trinajstić information content (AvgIpc) is 2.79. The minimum atomic E-state index is -0.0566. The summed E-state index contributed by atoms with van der Waals surface area (Å²) in [6.45, 7) is 7.63. The second-order valence-electron chi connectivity index (χ2n) is 8.03. The van der Waals surface area contributed by atoms with E-state index < -0.39 is 0 Å². The highest BCUT2D eigenvalue weighted by atomic mass is 16.1. The quantitative estimate of drug-likeness (QED) is 0.694. The Kier molecular flexibility index (Phi) is 5.92. The SMILES string of the molecule is CCC(=O)c1ccc(N2CCN(Cc3cnc4c(c3)CC(=O)C(C)=C4)CC2)c(C#N)n1. The molecule has 3 heterocycles. The maximum atomic E-state index is 12.0. The summed E-state index contributed by atoms with van der Waals surface area (Å²) in [7, 11) is 0. The number of fused-ring (bicyclic) bond motifs is 1. The van der Waals surface area contributed by atoms with Gasteiger partial charge in [-0.2, -0.15) is 5.26 Å². The van der Waals surface area contributed by atoms with E-state index in [9.17, 15) is 14.9 Å². The van der Waals surface area contributed by atoms with Gasteiger partial charge in [-0.15, -0.1) is 0 Å². The summed E-state index contributed by atoms with van der Waals surface area (Å²) < 4.78 is 0. The van der Waals surface area contributed by atoms with Gasteiger partial charge in [-0.25, -0.2) is 4.98 Å². The van der Waals surface area contributed by atoms with Crippen molar-refractivity contribution < 1.29 is 9.59 Å². The highest BCUT2D eigenvalue weighted by molar-refractivity contribution is 6.02. The number of Topliss-reactive ketones (excluding diaryl/α,β-unsaturated/α-hetero) is 2. The Morgan fingerprint density at radius 3 is 2.71 bits per heavy atom. The summed E-state index contributed by atoms with van der Waals surface area (Å²) in [6, 6.07) is 7.78. The van der Waals surface area contributed by atoms with Crippen molar-refractivity contribution in [3.8, 4) is 6.07 Å². The van der Waals surface area contributed by atoms with Crippen LogP contribution < -0.4 is 4.90 Å². The molecule has 2 aromatic rings. The molecule has 7 heteroatoms. The summed E-state index contributed by atoms with van der Waals surface area (Å²) in [4.78, 5) is 37.2. The Bertz CT molecular complexity index is 1110. The van der Waals surface area contributed by atoms with Crippen LogP contribution in [0.1, 0.15) is 53.3 Å². The van der Waals surface area contributed by atoms with Crippen LogP contribution in [0.4, 0.5) is 5.69 Å². The predicted octanol–water partition coefficient (Wildman–Crippen LogP) is 2.79. The Hall–Kier alpha value is -3.37. The smallest absolute Gasteiger partial charge is 0.180 e. The molecule has 0 spiro atoms. The lowest BCUT2D eigenvalue weighted by molar-refractivity contribution is -0.114. The van der Waals surface area contributed by atoms with Crippen molar-refractivity contribution in [2.45, 2.75) is 33.2 Å². The van der Waals surface area contributed by atoms with Gasteiger partial charge in [0.2, 0.25) is 0 Å². The summed E-state index contributed by atoms with van der Waals surface area (Å²) in [5.74, 6) is 0.104. The monoisotopic (exact) mass is 415 g/mol. The van der Waals surface area contributed by atoms with Crippen molar-refractivity contribution in [2.75, 3.05) is 31.1 Å². The minimum absolute atomic E-state index is 0.0566. The van der Waals surface area contributed by atoms with E-state index in [1.807, 2.05) is 25.3 Å². The number of aromatic nitrogens is 2. The van der Waals surface area contributed by atoms with Crippen molar-refractivity contribution >= 4 is 23.3 Å². The van der Waals surface area contributed by atoms with Crippen LogP contribution in [0.2, 0.25) is 0 Å². The first-order valence-electron chi connectivity index (χ1n) is 10.6. The third kappa shape index (κ3) is 4.39. The molecule has 0 N–H and O–H groups in total. The number of piperazine rings is 1. The minimum Gasteiger partial charge on any atom is -0.367 e. The van der Waals surface area contributed by atoms with E-state index >= 15 is 0 Å². The fourth-order valence-electron chi connectivity index (χ4n) is 4.06. The van der Waals surface area contributed by atoms with Crippen LogP contribution in [0.3, 0.4) is 0 Å². The first-order chi connectivity index (χ1) is 15.0. The lowest BCUT2D eigenvalue weighted by Gasteiger charge is -2.36. The van der Waals surface area contributed by atoms with Crippen LogP contribution in [-0.4, -0.2) is 52.6 Å². The van der Waals surface area contributed by atoms with Gasteiger partial charge in [0, 0.05) is 51.8 Å². The second kappa shape index (κ2) is 8.78. The maximum absolute atomic E-state index is 12.0. The van der Waals surface area contributed by atoms with Crippen molar-refractivity contribution in [1.82, 2.24) is 14.9 Å². The van der Waals surface area contributed by atoms with Crippen LogP contribution in [0.15, 0.2) is 30.0 Å². The van der Waals surface area contributed by atoms with Gasteiger partial charge in [0.1, 0.15) is 11.8 Å². The molecule has 1 aliphatic heterocycles. The Morgan fingerprint density at radius 1 is 1.23 bits per heavy atom. The van der Waals surface area contributed by atoms with Gasteiger partial charge in [0.15, 0.2) is 17.3 Å². The highest BCUT2D eigenvalue weighted by Crippen LogP contribution is 2.23. The molecule has 0 atom stereocenters. The number of anilines is 1. The zero-order valence-electron chi connectivity index (χ0n) is 17.9. The van der Waals surface area contributed by atoms with E-state index in [1.54, 1.807) is 13.0 Å². The van der Waals surface area contributed by atoms with Crippen LogP contribution in [0.25, 0.3) is 6.08 Å². The number of pyridine rings is 2. The topological polar surface area (TPSA) is 90.2 Å². The van der Waals surface area contributed by atoms with Gasteiger partial charge in [0.25, 0.3) is 0 Å². The molecular formula is C24H25N5O2. The molecule has 1 fully saturated rings. The highest BCUT2D eigenvalue weighted by Gasteiger charge is 2.22. The Labute approximate surface area is 182 Å². The maximum Gasteiger partial charge on any atom is 0.180 e. The van der Waals surface area contributed by atoms with Crippen molar-refractivity contribution in [3.05, 3.63) is 58.2 Å². The average molecular weight is 415 g/mol. The summed E-state index contributed by atoms with van der Waals surface area (Å²) in [5, 5.41) is 9.51. The zero-order chi connectivity index (χ0) is 22.0. The predicted molar refractivity (Wildman–Crippen MR) is 118 cm³/mol. The number of carbonyl (C=O) groups is 2. The third-order valence-corrected chi connectivity index (χ3v) is 5.91. The molecule has 158 valence electrons. The van der Waals surface area contributed by atoms with Gasteiger partial charge in [-0.3, -0.25) is 19.5 Å². The van der Waals surface area contributed by atoms with Gasteiger partial charge >= 0.3 is 0 Å². The molecule has 1 aliphatic carbocycles. The number of nitriles is 1. The Balaban J connectivity index is 1.41. The first-order valence-corrected chi connectivity index (χ1v) is 10.6. The Morgan fingerprint density at radius 2 is 2.00 bits per heavy atom. The van der Waals surface area contributed by atoms with Crippen LogP contribution in [0.5, 0.6) is 0 Å². The fourth-order valence-corrected chi connectivity index (χ4v) is 4.06. The molecule has 1 saturated heterocycles. The third-order valence-electron chi connectivity index (χ3n) is 5.91. The summed E-state index contributed by atoms with van der Waals surface area (Å²) >= 11 is 0. The summed E-state index contributed by atoms with van der Waals surface area (Å²) in [5.41, 5.74) is 5.21. The van der Waals surface area contributed by atoms with Gasteiger partial charge < -0.3 is 4.90 Å². The molecule has 7 nitrogen and oxygen atoms in total.